The van der Waals surface area contributed by atoms with Gasteiger partial charge >= 0.3 is 0 Å². The van der Waals surface area contributed by atoms with Crippen LogP contribution in [0.1, 0.15) is 33.3 Å². The van der Waals surface area contributed by atoms with Gasteiger partial charge in [0.05, 0.1) is 16.6 Å². The van der Waals surface area contributed by atoms with E-state index >= 15 is 0 Å². The molecule has 0 unspecified atom stereocenters. The molecule has 0 amide bonds. The summed E-state index contributed by atoms with van der Waals surface area (Å²) >= 11 is 0. The molecule has 1 aliphatic rings. The average Bonchev–Trinajstić information content (AvgIpc) is 2.51. The van der Waals surface area contributed by atoms with E-state index in [1.165, 1.54) is 0 Å². The van der Waals surface area contributed by atoms with Crippen molar-refractivity contribution in [2.24, 2.45) is 4.99 Å². The van der Waals surface area contributed by atoms with Gasteiger partial charge in [0.1, 0.15) is 5.75 Å². The van der Waals surface area contributed by atoms with E-state index in [0.29, 0.717) is 19.6 Å². The van der Waals surface area contributed by atoms with Gasteiger partial charge in [-0.05, 0) is 45.4 Å². The summed E-state index contributed by atoms with van der Waals surface area (Å²) in [5, 5.41) is 3.33. The number of ether oxygens (including phenoxy) is 1. The molecule has 0 aromatic heterocycles. The van der Waals surface area contributed by atoms with Crippen molar-refractivity contribution in [3.8, 4) is 5.75 Å². The fraction of sp³-hybridized carbons (Fsp3) is 0.611. The molecule has 0 radical (unpaired) electrons. The molecule has 0 spiro atoms. The number of hydrogen-bond donors (Lipinski definition) is 1. The van der Waals surface area contributed by atoms with Crippen molar-refractivity contribution in [3.63, 3.8) is 0 Å². The van der Waals surface area contributed by atoms with Crippen LogP contribution < -0.4 is 10.1 Å². The maximum Gasteiger partial charge on any atom is 0.193 e. The number of halogens is 1. The lowest BCUT2D eigenvalue weighted by Crippen LogP contribution is -2.57. The average molecular weight is 495 g/mol. The van der Waals surface area contributed by atoms with Gasteiger partial charge in [-0.2, -0.15) is 0 Å². The van der Waals surface area contributed by atoms with E-state index in [9.17, 15) is 8.42 Å². The minimum atomic E-state index is -3.06. The molecule has 148 valence electrons. The second-order valence-corrected chi connectivity index (χ2v) is 9.96. The maximum atomic E-state index is 12.2. The molecule has 0 atom stereocenters. The Morgan fingerprint density at radius 2 is 2.08 bits per heavy atom. The molecule has 0 aliphatic carbocycles. The molecule has 26 heavy (non-hydrogen) atoms. The normalized spacial score (nSPS) is 19.0. The second kappa shape index (κ2) is 9.25. The van der Waals surface area contributed by atoms with Gasteiger partial charge < -0.3 is 15.0 Å². The highest BCUT2D eigenvalue weighted by molar-refractivity contribution is 14.0. The monoisotopic (exact) mass is 495 g/mol. The van der Waals surface area contributed by atoms with Crippen molar-refractivity contribution in [2.75, 3.05) is 25.9 Å². The summed E-state index contributed by atoms with van der Waals surface area (Å²) in [5.74, 6) is 1.71. The summed E-state index contributed by atoms with van der Waals surface area (Å²) in [6.45, 7) is 9.04. The maximum absolute atomic E-state index is 12.2. The summed E-state index contributed by atoms with van der Waals surface area (Å²) in [7, 11) is -1.34. The van der Waals surface area contributed by atoms with Crippen molar-refractivity contribution < 1.29 is 13.2 Å². The number of aliphatic imine (C=N–C) groups is 1. The van der Waals surface area contributed by atoms with Crippen LogP contribution in [-0.4, -0.2) is 56.0 Å². The standard InChI is InChI=1S/C18H29N3O3S.HI/c1-14(2)24-16-8-6-7-15(11-16)12-20-17(19-5)21-9-10-25(22,23)18(3,4)13-21;/h6-8,11,14H,9-10,12-13H2,1-5H3,(H,19,20);1H. The first-order valence-corrected chi connectivity index (χ1v) is 10.2. The zero-order valence-electron chi connectivity index (χ0n) is 16.2. The number of nitrogens with zero attached hydrogens (tertiary/aromatic N) is 2. The zero-order chi connectivity index (χ0) is 18.7. The highest BCUT2D eigenvalue weighted by atomic mass is 127. The highest BCUT2D eigenvalue weighted by Gasteiger charge is 2.40. The molecule has 1 fully saturated rings. The minimum absolute atomic E-state index is 0. The van der Waals surface area contributed by atoms with E-state index in [1.54, 1.807) is 20.9 Å². The Balaban J connectivity index is 0.00000338. The molecule has 1 aromatic carbocycles. The van der Waals surface area contributed by atoms with Crippen molar-refractivity contribution in [1.29, 1.82) is 0 Å². The van der Waals surface area contributed by atoms with Gasteiger partial charge in [0.15, 0.2) is 15.8 Å². The third-order valence-corrected chi connectivity index (χ3v) is 6.81. The van der Waals surface area contributed by atoms with Gasteiger partial charge in [0.25, 0.3) is 0 Å². The topological polar surface area (TPSA) is 71.0 Å². The van der Waals surface area contributed by atoms with Crippen molar-refractivity contribution >= 4 is 39.8 Å². The molecular weight excluding hydrogens is 465 g/mol. The number of rotatable bonds is 4. The second-order valence-electron chi connectivity index (χ2n) is 7.21. The third kappa shape index (κ3) is 5.73. The van der Waals surface area contributed by atoms with Crippen LogP contribution in [0.2, 0.25) is 0 Å². The highest BCUT2D eigenvalue weighted by Crippen LogP contribution is 2.23. The number of nitrogens with one attached hydrogen (secondary N) is 1. The van der Waals surface area contributed by atoms with Gasteiger partial charge in [0.2, 0.25) is 0 Å². The van der Waals surface area contributed by atoms with Crippen molar-refractivity contribution in [3.05, 3.63) is 29.8 Å². The molecule has 2 rings (SSSR count). The number of sulfone groups is 1. The van der Waals surface area contributed by atoms with Crippen molar-refractivity contribution in [1.82, 2.24) is 10.2 Å². The fourth-order valence-corrected chi connectivity index (χ4v) is 4.20. The Morgan fingerprint density at radius 1 is 1.38 bits per heavy atom. The molecule has 6 nitrogen and oxygen atoms in total. The summed E-state index contributed by atoms with van der Waals surface area (Å²) < 4.78 is 29.3. The lowest BCUT2D eigenvalue weighted by Gasteiger charge is -2.39. The van der Waals surface area contributed by atoms with E-state index in [1.807, 2.05) is 43.0 Å². The largest absolute Gasteiger partial charge is 0.491 e. The van der Waals surface area contributed by atoms with Crippen LogP contribution in [-0.2, 0) is 16.4 Å². The first-order chi connectivity index (χ1) is 11.6. The third-order valence-electron chi connectivity index (χ3n) is 4.28. The minimum Gasteiger partial charge on any atom is -0.491 e. The Bertz CT molecular complexity index is 733. The van der Waals surface area contributed by atoms with Crippen LogP contribution >= 0.6 is 24.0 Å². The Hall–Kier alpha value is -1.03. The fourth-order valence-electron chi connectivity index (χ4n) is 2.84. The lowest BCUT2D eigenvalue weighted by atomic mass is 10.2. The molecule has 1 heterocycles. The van der Waals surface area contributed by atoms with Crippen LogP contribution in [0.5, 0.6) is 5.75 Å². The number of benzene rings is 1. The predicted octanol–water partition coefficient (Wildman–Crippen LogP) is 2.68. The van der Waals surface area contributed by atoms with Crippen molar-refractivity contribution in [2.45, 2.75) is 45.1 Å². The van der Waals surface area contributed by atoms with E-state index in [4.69, 9.17) is 4.74 Å². The molecule has 0 saturated carbocycles. The molecule has 0 bridgehead atoms. The van der Waals surface area contributed by atoms with Gasteiger partial charge in [-0.3, -0.25) is 4.99 Å². The van der Waals surface area contributed by atoms with Gasteiger partial charge in [-0.25, -0.2) is 8.42 Å². The lowest BCUT2D eigenvalue weighted by molar-refractivity contribution is 0.242. The summed E-state index contributed by atoms with van der Waals surface area (Å²) in [4.78, 5) is 6.33. The van der Waals surface area contributed by atoms with E-state index in [-0.39, 0.29) is 35.8 Å². The zero-order valence-corrected chi connectivity index (χ0v) is 19.3. The van der Waals surface area contributed by atoms with Crippen LogP contribution in [0, 0.1) is 0 Å². The Labute approximate surface area is 174 Å². The van der Waals surface area contributed by atoms with Gasteiger partial charge in [-0.15, -0.1) is 24.0 Å². The number of guanidine groups is 1. The summed E-state index contributed by atoms with van der Waals surface area (Å²) in [6.07, 6.45) is 0.133. The van der Waals surface area contributed by atoms with E-state index in [0.717, 1.165) is 17.3 Å². The SMILES string of the molecule is CN=C(NCc1cccc(OC(C)C)c1)N1CCS(=O)(=O)C(C)(C)C1.I. The van der Waals surface area contributed by atoms with Crippen LogP contribution in [0.3, 0.4) is 0 Å². The predicted molar refractivity (Wildman–Crippen MR) is 117 cm³/mol. The molecule has 1 aliphatic heterocycles. The Kier molecular flexibility index (Phi) is 8.19. The molecule has 1 saturated heterocycles. The molecule has 1 N–H and O–H groups in total. The first kappa shape index (κ1) is 23.0. The molecular formula is C18H30IN3O3S. The van der Waals surface area contributed by atoms with E-state index < -0.39 is 14.6 Å². The quantitative estimate of drug-likeness (QED) is 0.395. The van der Waals surface area contributed by atoms with Crippen LogP contribution in [0.25, 0.3) is 0 Å². The summed E-state index contributed by atoms with van der Waals surface area (Å²) in [6, 6.07) is 7.94. The van der Waals surface area contributed by atoms with Gasteiger partial charge in [0, 0.05) is 26.7 Å². The first-order valence-electron chi connectivity index (χ1n) is 8.58. The summed E-state index contributed by atoms with van der Waals surface area (Å²) in [5.41, 5.74) is 1.09. The molecule has 8 heteroatoms. The van der Waals surface area contributed by atoms with Crippen LogP contribution in [0.4, 0.5) is 0 Å². The Morgan fingerprint density at radius 3 is 2.65 bits per heavy atom. The van der Waals surface area contributed by atoms with E-state index in [2.05, 4.69) is 10.3 Å². The van der Waals surface area contributed by atoms with Gasteiger partial charge in [-0.1, -0.05) is 12.1 Å². The smallest absolute Gasteiger partial charge is 0.193 e. The molecule has 1 aromatic rings. The number of hydrogen-bond acceptors (Lipinski definition) is 4. The van der Waals surface area contributed by atoms with Crippen LogP contribution in [0.15, 0.2) is 29.3 Å².